The summed E-state index contributed by atoms with van der Waals surface area (Å²) in [5, 5.41) is 0. The van der Waals surface area contributed by atoms with Crippen molar-refractivity contribution >= 4 is 15.3 Å². The lowest BCUT2D eigenvalue weighted by molar-refractivity contribution is 1.32. The molecule has 21 heavy (non-hydrogen) atoms. The highest BCUT2D eigenvalue weighted by Crippen LogP contribution is 2.28. The second-order valence-electron chi connectivity index (χ2n) is 4.63. The van der Waals surface area contributed by atoms with E-state index >= 15 is 0 Å². The van der Waals surface area contributed by atoms with E-state index in [0.29, 0.717) is 0 Å². The van der Waals surface area contributed by atoms with Crippen LogP contribution in [0.5, 0.6) is 0 Å². The van der Waals surface area contributed by atoms with E-state index in [1.54, 1.807) is 0 Å². The molecule has 0 aromatic heterocycles. The van der Waals surface area contributed by atoms with Gasteiger partial charge in [0.1, 0.15) is 0 Å². The molecule has 0 saturated heterocycles. The number of rotatable bonds is 3. The molecule has 0 aliphatic rings. The van der Waals surface area contributed by atoms with Crippen LogP contribution in [0.25, 0.3) is 0 Å². The van der Waals surface area contributed by atoms with E-state index in [4.69, 9.17) is 9.14 Å². The Hall–Kier alpha value is -2.39. The smallest absolute Gasteiger partial charge is 0.0721 e. The summed E-state index contributed by atoms with van der Waals surface area (Å²) in [6.45, 7) is 0. The van der Waals surface area contributed by atoms with Gasteiger partial charge >= 0.3 is 0 Å². The maximum absolute atomic E-state index is 9.06. The van der Waals surface area contributed by atoms with Crippen LogP contribution in [0.3, 0.4) is 0 Å². The van der Waals surface area contributed by atoms with Crippen LogP contribution in [-0.4, -0.2) is 0 Å². The average Bonchev–Trinajstić information content (AvgIpc) is 2.57. The van der Waals surface area contributed by atoms with E-state index in [-0.39, 0.29) is 0 Å². The standard InChI is InChI=1S/C18H16N2S/c19-21(17-12-6-2-7-13-17,18-14-8-3-9-15-18)20-16-10-4-1-5-11-16/h1-15,19H. The molecule has 0 radical (unpaired) electrons. The van der Waals surface area contributed by atoms with Crippen LogP contribution in [0.15, 0.2) is 105 Å². The number of hydrogen-bond acceptors (Lipinski definition) is 2. The van der Waals surface area contributed by atoms with Crippen molar-refractivity contribution in [3.8, 4) is 0 Å². The maximum atomic E-state index is 9.06. The molecule has 3 rings (SSSR count). The first-order chi connectivity index (χ1) is 10.3. The van der Waals surface area contributed by atoms with E-state index in [1.807, 2.05) is 91.0 Å². The number of benzene rings is 3. The van der Waals surface area contributed by atoms with Crippen molar-refractivity contribution < 1.29 is 0 Å². The van der Waals surface area contributed by atoms with Crippen molar-refractivity contribution in [2.24, 2.45) is 4.36 Å². The molecular weight excluding hydrogens is 276 g/mol. The Morgan fingerprint density at radius 1 is 0.571 bits per heavy atom. The second kappa shape index (κ2) is 5.94. The molecule has 104 valence electrons. The molecule has 0 aliphatic heterocycles. The first-order valence-corrected chi connectivity index (χ1v) is 8.34. The predicted molar refractivity (Wildman–Crippen MR) is 88.0 cm³/mol. The maximum Gasteiger partial charge on any atom is 0.0721 e. The van der Waals surface area contributed by atoms with Crippen molar-refractivity contribution in [1.82, 2.24) is 0 Å². The number of nitrogens with zero attached hydrogens (tertiary/aromatic N) is 1. The van der Waals surface area contributed by atoms with Crippen molar-refractivity contribution in [2.75, 3.05) is 0 Å². The highest BCUT2D eigenvalue weighted by Gasteiger charge is 2.11. The molecular formula is C18H16N2S. The lowest BCUT2D eigenvalue weighted by atomic mass is 10.3. The first kappa shape index (κ1) is 13.6. The van der Waals surface area contributed by atoms with Crippen molar-refractivity contribution in [3.05, 3.63) is 91.0 Å². The molecule has 0 aliphatic carbocycles. The summed E-state index contributed by atoms with van der Waals surface area (Å²) >= 11 is 0. The minimum absolute atomic E-state index is 0.843. The summed E-state index contributed by atoms with van der Waals surface area (Å²) in [6, 6.07) is 29.5. The van der Waals surface area contributed by atoms with Crippen molar-refractivity contribution in [1.29, 1.82) is 4.78 Å². The van der Waals surface area contributed by atoms with Crippen LogP contribution in [0.1, 0.15) is 0 Å². The Labute approximate surface area is 125 Å². The molecule has 0 heterocycles. The van der Waals surface area contributed by atoms with E-state index in [2.05, 4.69) is 0 Å². The van der Waals surface area contributed by atoms with Crippen LogP contribution >= 0.6 is 0 Å². The van der Waals surface area contributed by atoms with Gasteiger partial charge in [0, 0.05) is 9.79 Å². The third kappa shape index (κ3) is 2.88. The van der Waals surface area contributed by atoms with E-state index in [1.165, 1.54) is 0 Å². The third-order valence-corrected chi connectivity index (χ3v) is 5.56. The van der Waals surface area contributed by atoms with Gasteiger partial charge in [-0.25, -0.2) is 4.36 Å². The zero-order valence-corrected chi connectivity index (χ0v) is 12.3. The molecule has 3 aromatic rings. The molecule has 0 atom stereocenters. The molecule has 0 spiro atoms. The summed E-state index contributed by atoms with van der Waals surface area (Å²) < 4.78 is 13.8. The number of hydrogen-bond donors (Lipinski definition) is 1. The molecule has 0 fully saturated rings. The Kier molecular flexibility index (Phi) is 3.84. The molecule has 0 amide bonds. The molecule has 0 unspecified atom stereocenters. The molecule has 3 aromatic carbocycles. The first-order valence-electron chi connectivity index (χ1n) is 6.75. The zero-order valence-electron chi connectivity index (χ0n) is 11.5. The molecule has 2 nitrogen and oxygen atoms in total. The Morgan fingerprint density at radius 3 is 1.38 bits per heavy atom. The van der Waals surface area contributed by atoms with Gasteiger partial charge in [-0.1, -0.05) is 54.6 Å². The second-order valence-corrected chi connectivity index (χ2v) is 6.92. The van der Waals surface area contributed by atoms with Gasteiger partial charge < -0.3 is 0 Å². The topological polar surface area (TPSA) is 36.2 Å². The van der Waals surface area contributed by atoms with E-state index in [0.717, 1.165) is 15.5 Å². The number of nitrogens with one attached hydrogen (secondary N) is 1. The fraction of sp³-hybridized carbons (Fsp3) is 0. The van der Waals surface area contributed by atoms with Gasteiger partial charge in [0.05, 0.1) is 5.69 Å². The van der Waals surface area contributed by atoms with Crippen LogP contribution < -0.4 is 0 Å². The van der Waals surface area contributed by atoms with Crippen LogP contribution in [0, 0.1) is 4.78 Å². The van der Waals surface area contributed by atoms with Gasteiger partial charge in [-0.3, -0.25) is 4.78 Å². The van der Waals surface area contributed by atoms with Crippen molar-refractivity contribution in [2.45, 2.75) is 9.79 Å². The SMILES string of the molecule is N=S(=Nc1ccccc1)(c1ccccc1)c1ccccc1. The van der Waals surface area contributed by atoms with Crippen molar-refractivity contribution in [3.63, 3.8) is 0 Å². The summed E-state index contributed by atoms with van der Waals surface area (Å²) in [4.78, 5) is 1.89. The van der Waals surface area contributed by atoms with Gasteiger partial charge in [0.25, 0.3) is 0 Å². The van der Waals surface area contributed by atoms with Gasteiger partial charge in [0.2, 0.25) is 0 Å². The monoisotopic (exact) mass is 292 g/mol. The van der Waals surface area contributed by atoms with Gasteiger partial charge in [0.15, 0.2) is 0 Å². The predicted octanol–water partition coefficient (Wildman–Crippen LogP) is 5.54. The van der Waals surface area contributed by atoms with E-state index in [9.17, 15) is 0 Å². The molecule has 0 bridgehead atoms. The van der Waals surface area contributed by atoms with E-state index < -0.39 is 9.62 Å². The van der Waals surface area contributed by atoms with Gasteiger partial charge in [-0.15, -0.1) is 0 Å². The lowest BCUT2D eigenvalue weighted by Crippen LogP contribution is -1.99. The summed E-state index contributed by atoms with van der Waals surface area (Å²) in [6.07, 6.45) is 0. The fourth-order valence-corrected chi connectivity index (χ4v) is 4.15. The molecule has 0 saturated carbocycles. The van der Waals surface area contributed by atoms with Gasteiger partial charge in [-0.2, -0.15) is 0 Å². The summed E-state index contributed by atoms with van der Waals surface area (Å²) in [5.41, 5.74) is 0.843. The average molecular weight is 292 g/mol. The molecule has 3 heteroatoms. The minimum Gasteiger partial charge on any atom is -0.261 e. The Bertz CT molecular complexity index is 773. The normalized spacial score (nSPS) is 11.0. The largest absolute Gasteiger partial charge is 0.261 e. The van der Waals surface area contributed by atoms with Crippen LogP contribution in [0.2, 0.25) is 0 Å². The fourth-order valence-electron chi connectivity index (χ4n) is 2.12. The summed E-state index contributed by atoms with van der Waals surface area (Å²) in [7, 11) is -2.17. The Balaban J connectivity index is 2.27. The van der Waals surface area contributed by atoms with Gasteiger partial charge in [-0.05, 0) is 46.0 Å². The van der Waals surface area contributed by atoms with Crippen LogP contribution in [-0.2, 0) is 9.62 Å². The highest BCUT2D eigenvalue weighted by atomic mass is 32.2. The quantitative estimate of drug-likeness (QED) is 0.658. The minimum atomic E-state index is -2.17. The third-order valence-electron chi connectivity index (χ3n) is 3.17. The van der Waals surface area contributed by atoms with Crippen LogP contribution in [0.4, 0.5) is 5.69 Å². The Morgan fingerprint density at radius 2 is 0.952 bits per heavy atom. The lowest BCUT2D eigenvalue weighted by Gasteiger charge is -2.14. The zero-order chi connectivity index (χ0) is 14.5. The summed E-state index contributed by atoms with van der Waals surface area (Å²) in [5.74, 6) is 0. The highest BCUT2D eigenvalue weighted by molar-refractivity contribution is 7.94. The molecule has 1 N–H and O–H groups in total.